The number of aliphatic imine (C=N–C) groups is 1. The average molecular weight is 257 g/mol. The molecular weight excluding hydrogens is 230 g/mol. The van der Waals surface area contributed by atoms with Crippen molar-refractivity contribution in [2.24, 2.45) is 10.9 Å². The normalized spacial score (nSPS) is 20.2. The molecule has 1 saturated heterocycles. The molecule has 1 heterocycles. The van der Waals surface area contributed by atoms with Crippen LogP contribution in [0.5, 0.6) is 0 Å². The smallest absolute Gasteiger partial charge is 0.193 e. The van der Waals surface area contributed by atoms with Crippen molar-refractivity contribution in [2.45, 2.75) is 20.3 Å². The van der Waals surface area contributed by atoms with Crippen molar-refractivity contribution in [3.63, 3.8) is 0 Å². The molecular formula is C13H27N3O2. The van der Waals surface area contributed by atoms with Crippen molar-refractivity contribution >= 4 is 5.96 Å². The van der Waals surface area contributed by atoms with Gasteiger partial charge in [-0.2, -0.15) is 0 Å². The number of guanidine groups is 1. The molecule has 0 saturated carbocycles. The first-order valence-electron chi connectivity index (χ1n) is 6.92. The summed E-state index contributed by atoms with van der Waals surface area (Å²) in [6, 6.07) is 0. The van der Waals surface area contributed by atoms with Gasteiger partial charge in [-0.05, 0) is 20.3 Å². The summed E-state index contributed by atoms with van der Waals surface area (Å²) in [6.45, 7) is 9.90. The average Bonchev–Trinajstić information content (AvgIpc) is 2.86. The van der Waals surface area contributed by atoms with Gasteiger partial charge in [-0.25, -0.2) is 0 Å². The molecule has 0 radical (unpaired) electrons. The van der Waals surface area contributed by atoms with E-state index in [0.717, 1.165) is 45.3 Å². The van der Waals surface area contributed by atoms with Gasteiger partial charge >= 0.3 is 0 Å². The number of hydrogen-bond donors (Lipinski definition) is 1. The second kappa shape index (κ2) is 9.16. The molecule has 1 aliphatic heterocycles. The third-order valence-electron chi connectivity index (χ3n) is 2.95. The van der Waals surface area contributed by atoms with Gasteiger partial charge < -0.3 is 19.7 Å². The van der Waals surface area contributed by atoms with Crippen molar-refractivity contribution in [1.82, 2.24) is 10.2 Å². The molecule has 106 valence electrons. The Morgan fingerprint density at radius 2 is 2.33 bits per heavy atom. The first-order chi connectivity index (χ1) is 8.77. The minimum atomic E-state index is 0.630. The van der Waals surface area contributed by atoms with Gasteiger partial charge in [0.1, 0.15) is 0 Å². The fourth-order valence-electron chi connectivity index (χ4n) is 2.03. The Hall–Kier alpha value is -0.810. The zero-order valence-electron chi connectivity index (χ0n) is 11.9. The summed E-state index contributed by atoms with van der Waals surface area (Å²) >= 11 is 0. The summed E-state index contributed by atoms with van der Waals surface area (Å²) in [4.78, 5) is 6.75. The third kappa shape index (κ3) is 5.69. The Bertz CT molecular complexity index is 240. The van der Waals surface area contributed by atoms with Gasteiger partial charge in [0, 0.05) is 39.3 Å². The highest BCUT2D eigenvalue weighted by Gasteiger charge is 2.18. The minimum Gasteiger partial charge on any atom is -0.381 e. The van der Waals surface area contributed by atoms with Gasteiger partial charge in [0.15, 0.2) is 5.96 Å². The van der Waals surface area contributed by atoms with Crippen LogP contribution in [0.2, 0.25) is 0 Å². The molecule has 1 N–H and O–H groups in total. The lowest BCUT2D eigenvalue weighted by Gasteiger charge is -2.24. The van der Waals surface area contributed by atoms with Crippen LogP contribution in [0.4, 0.5) is 0 Å². The van der Waals surface area contributed by atoms with Crippen LogP contribution in [0.25, 0.3) is 0 Å². The number of rotatable bonds is 7. The molecule has 0 bridgehead atoms. The van der Waals surface area contributed by atoms with Crippen molar-refractivity contribution in [3.05, 3.63) is 0 Å². The molecule has 0 spiro atoms. The molecule has 1 unspecified atom stereocenters. The Morgan fingerprint density at radius 3 is 2.94 bits per heavy atom. The Balaban J connectivity index is 2.37. The van der Waals surface area contributed by atoms with Crippen molar-refractivity contribution in [1.29, 1.82) is 0 Å². The van der Waals surface area contributed by atoms with Crippen molar-refractivity contribution in [2.75, 3.05) is 53.1 Å². The molecule has 5 nitrogen and oxygen atoms in total. The Morgan fingerprint density at radius 1 is 1.50 bits per heavy atom. The fraction of sp³-hybridized carbons (Fsp3) is 0.923. The largest absolute Gasteiger partial charge is 0.381 e. The van der Waals surface area contributed by atoms with E-state index >= 15 is 0 Å². The highest BCUT2D eigenvalue weighted by atomic mass is 16.5. The molecule has 0 aliphatic carbocycles. The van der Waals surface area contributed by atoms with E-state index in [4.69, 9.17) is 9.47 Å². The first kappa shape index (κ1) is 15.2. The predicted octanol–water partition coefficient (Wildman–Crippen LogP) is 0.957. The highest BCUT2D eigenvalue weighted by molar-refractivity contribution is 5.79. The minimum absolute atomic E-state index is 0.630. The van der Waals surface area contributed by atoms with Crippen LogP contribution in [-0.4, -0.2) is 64.0 Å². The molecule has 1 aliphatic rings. The lowest BCUT2D eigenvalue weighted by Crippen LogP contribution is -2.41. The summed E-state index contributed by atoms with van der Waals surface area (Å²) in [5.74, 6) is 1.59. The van der Waals surface area contributed by atoms with Crippen molar-refractivity contribution < 1.29 is 9.47 Å². The maximum atomic E-state index is 5.40. The lowest BCUT2D eigenvalue weighted by atomic mass is 10.1. The van der Waals surface area contributed by atoms with Crippen LogP contribution in [0.1, 0.15) is 20.3 Å². The van der Waals surface area contributed by atoms with Gasteiger partial charge in [0.2, 0.25) is 0 Å². The SMILES string of the molecule is CCNC(=NCCOCC)N(C)CC1CCOC1. The van der Waals surface area contributed by atoms with E-state index in [1.165, 1.54) is 0 Å². The van der Waals surface area contributed by atoms with Crippen LogP contribution in [-0.2, 0) is 9.47 Å². The monoisotopic (exact) mass is 257 g/mol. The van der Waals surface area contributed by atoms with E-state index in [2.05, 4.69) is 29.2 Å². The van der Waals surface area contributed by atoms with E-state index < -0.39 is 0 Å². The second-order valence-electron chi connectivity index (χ2n) is 4.54. The Kier molecular flexibility index (Phi) is 7.76. The summed E-state index contributed by atoms with van der Waals surface area (Å²) < 4.78 is 10.7. The summed E-state index contributed by atoms with van der Waals surface area (Å²) in [5, 5.41) is 3.31. The molecule has 18 heavy (non-hydrogen) atoms. The number of nitrogens with one attached hydrogen (secondary N) is 1. The second-order valence-corrected chi connectivity index (χ2v) is 4.54. The predicted molar refractivity (Wildman–Crippen MR) is 74.0 cm³/mol. The van der Waals surface area contributed by atoms with Crippen LogP contribution in [0.3, 0.4) is 0 Å². The van der Waals surface area contributed by atoms with E-state index in [9.17, 15) is 0 Å². The van der Waals surface area contributed by atoms with Gasteiger partial charge in [-0.3, -0.25) is 4.99 Å². The highest BCUT2D eigenvalue weighted by Crippen LogP contribution is 2.13. The summed E-state index contributed by atoms with van der Waals surface area (Å²) in [7, 11) is 2.08. The summed E-state index contributed by atoms with van der Waals surface area (Å²) in [5.41, 5.74) is 0. The molecule has 0 aromatic heterocycles. The molecule has 0 amide bonds. The van der Waals surface area contributed by atoms with E-state index in [1.807, 2.05) is 6.92 Å². The van der Waals surface area contributed by atoms with Crippen LogP contribution < -0.4 is 5.32 Å². The topological polar surface area (TPSA) is 46.1 Å². The number of nitrogens with zero attached hydrogens (tertiary/aromatic N) is 2. The molecule has 1 atom stereocenters. The molecule has 1 rings (SSSR count). The maximum absolute atomic E-state index is 5.40. The molecule has 5 heteroatoms. The van der Waals surface area contributed by atoms with E-state index in [0.29, 0.717) is 19.1 Å². The van der Waals surface area contributed by atoms with E-state index in [-0.39, 0.29) is 0 Å². The fourth-order valence-corrected chi connectivity index (χ4v) is 2.03. The zero-order valence-corrected chi connectivity index (χ0v) is 11.9. The number of ether oxygens (including phenoxy) is 2. The quantitative estimate of drug-likeness (QED) is 0.419. The Labute approximate surface area is 111 Å². The van der Waals surface area contributed by atoms with Gasteiger partial charge in [0.05, 0.1) is 19.8 Å². The molecule has 0 aromatic rings. The third-order valence-corrected chi connectivity index (χ3v) is 2.95. The lowest BCUT2D eigenvalue weighted by molar-refractivity contribution is 0.155. The molecule has 0 aromatic carbocycles. The summed E-state index contributed by atoms with van der Waals surface area (Å²) in [6.07, 6.45) is 1.16. The number of hydrogen-bond acceptors (Lipinski definition) is 3. The molecule has 1 fully saturated rings. The van der Waals surface area contributed by atoms with E-state index in [1.54, 1.807) is 0 Å². The van der Waals surface area contributed by atoms with Gasteiger partial charge in [-0.15, -0.1) is 0 Å². The van der Waals surface area contributed by atoms with Crippen molar-refractivity contribution in [3.8, 4) is 0 Å². The van der Waals surface area contributed by atoms with Gasteiger partial charge in [0.25, 0.3) is 0 Å². The van der Waals surface area contributed by atoms with Crippen LogP contribution in [0, 0.1) is 5.92 Å². The first-order valence-corrected chi connectivity index (χ1v) is 6.92. The van der Waals surface area contributed by atoms with Gasteiger partial charge in [-0.1, -0.05) is 0 Å². The standard InChI is InChI=1S/C13H27N3O2/c1-4-14-13(15-7-9-17-5-2)16(3)10-12-6-8-18-11-12/h12H,4-11H2,1-3H3,(H,14,15). The zero-order chi connectivity index (χ0) is 13.2. The van der Waals surface area contributed by atoms with Crippen LogP contribution >= 0.6 is 0 Å². The maximum Gasteiger partial charge on any atom is 0.193 e. The van der Waals surface area contributed by atoms with Crippen LogP contribution in [0.15, 0.2) is 4.99 Å².